The van der Waals surface area contributed by atoms with E-state index in [1.165, 1.54) is 28.0 Å². The minimum Gasteiger partial charge on any atom is -0.512 e. The van der Waals surface area contributed by atoms with Gasteiger partial charge in [0.25, 0.3) is 0 Å². The van der Waals surface area contributed by atoms with E-state index in [0.717, 1.165) is 82.8 Å². The van der Waals surface area contributed by atoms with Crippen LogP contribution in [0.1, 0.15) is 107 Å². The van der Waals surface area contributed by atoms with Crippen LogP contribution in [-0.2, 0) is 37.7 Å². The molecule has 0 saturated carbocycles. The van der Waals surface area contributed by atoms with Crippen LogP contribution >= 0.6 is 0 Å². The fourth-order valence-corrected chi connectivity index (χ4v) is 7.28. The maximum atomic E-state index is 11.7. The summed E-state index contributed by atoms with van der Waals surface area (Å²) in [4.78, 5) is 16.5. The van der Waals surface area contributed by atoms with Crippen LogP contribution in [0.4, 0.5) is 0 Å². The van der Waals surface area contributed by atoms with Crippen LogP contribution in [-0.4, -0.2) is 15.9 Å². The number of ether oxygens (including phenoxy) is 1. The standard InChI is InChI=1S/C33H32NO.C13H24O2.Ir/c1-32(2,3)18-21-11-9-13-23-24-14-15-34-30-26-16-20-10-7-8-12-22(20)27(19-33(4,5)6)31(26)35-28(29(24)30)17-25(21)23;1-5-10(6-2)12(14)9-13(15)11(7-3)8-4;/h7-15,17H,18-19H2,1-6H3;9-11,14H,5-8H2,1-4H3;/q-1;;/b;12-9-;/i15D;;. The van der Waals surface area contributed by atoms with Crippen molar-refractivity contribution in [1.82, 2.24) is 4.98 Å². The molecule has 0 aliphatic carbocycles. The summed E-state index contributed by atoms with van der Waals surface area (Å²) in [6, 6.07) is 22.6. The normalized spacial score (nSPS) is 13.1. The van der Waals surface area contributed by atoms with Crippen molar-refractivity contribution in [3.63, 3.8) is 0 Å². The van der Waals surface area contributed by atoms with Crippen LogP contribution in [0.15, 0.2) is 72.6 Å². The smallest absolute Gasteiger partial charge is 0.162 e. The van der Waals surface area contributed by atoms with Crippen molar-refractivity contribution >= 4 is 38.1 Å². The summed E-state index contributed by atoms with van der Waals surface area (Å²) in [7, 11) is 0. The molecule has 0 unspecified atom stereocenters. The van der Waals surface area contributed by atoms with E-state index >= 15 is 0 Å². The molecule has 1 aliphatic rings. The number of carbonyl (C=O) groups is 1. The van der Waals surface area contributed by atoms with Crippen LogP contribution in [0.2, 0.25) is 0 Å². The summed E-state index contributed by atoms with van der Waals surface area (Å²) in [5, 5.41) is 16.3. The monoisotopic (exact) mass is 864 g/mol. The zero-order valence-corrected chi connectivity index (χ0v) is 34.6. The minimum atomic E-state index is 0. The summed E-state index contributed by atoms with van der Waals surface area (Å²) in [6.45, 7) is 21.7. The fourth-order valence-electron chi connectivity index (χ4n) is 7.28. The van der Waals surface area contributed by atoms with Gasteiger partial charge in [-0.05, 0) is 83.2 Å². The van der Waals surface area contributed by atoms with E-state index in [2.05, 4.69) is 96.1 Å². The van der Waals surface area contributed by atoms with Crippen molar-refractivity contribution in [3.05, 3.63) is 89.8 Å². The third-order valence-corrected chi connectivity index (χ3v) is 9.87. The van der Waals surface area contributed by atoms with Crippen LogP contribution in [0, 0.1) is 28.7 Å². The van der Waals surface area contributed by atoms with E-state index in [1.807, 2.05) is 33.8 Å². The first kappa shape index (κ1) is 38.7. The van der Waals surface area contributed by atoms with E-state index in [9.17, 15) is 9.90 Å². The van der Waals surface area contributed by atoms with Gasteiger partial charge in [-0.15, -0.1) is 17.5 Å². The largest absolute Gasteiger partial charge is 0.512 e. The van der Waals surface area contributed by atoms with E-state index in [0.29, 0.717) is 0 Å². The Morgan fingerprint density at radius 1 is 0.843 bits per heavy atom. The van der Waals surface area contributed by atoms with E-state index in [-0.39, 0.29) is 60.5 Å². The third kappa shape index (κ3) is 8.93. The van der Waals surface area contributed by atoms with Gasteiger partial charge in [0.1, 0.15) is 5.75 Å². The Kier molecular flexibility index (Phi) is 12.5. The molecule has 1 aromatic heterocycles. The Morgan fingerprint density at radius 2 is 1.47 bits per heavy atom. The SMILES string of the molecule is CCC(CC)C(=O)/C=C(\O)C(CC)CC.[2H]c1cc2c3c(cc4c(CC(C)(C)C)cccc42)Oc2c([c-]c4ccccc4c2CC(C)(C)C)-c3n1.[Ir]. The Bertz CT molecular complexity index is 2100. The van der Waals surface area contributed by atoms with Crippen molar-refractivity contribution in [1.29, 1.82) is 0 Å². The Morgan fingerprint density at radius 3 is 2.10 bits per heavy atom. The average molecular weight is 864 g/mol. The molecule has 0 saturated heterocycles. The first-order chi connectivity index (χ1) is 24.1. The molecule has 273 valence electrons. The second kappa shape index (κ2) is 16.4. The second-order valence-electron chi connectivity index (χ2n) is 16.3. The number of aliphatic hydroxyl groups is 1. The molecule has 0 atom stereocenters. The summed E-state index contributed by atoms with van der Waals surface area (Å²) in [6.07, 6.45) is 7.00. The maximum absolute atomic E-state index is 11.7. The number of aromatic nitrogens is 1. The van der Waals surface area contributed by atoms with Gasteiger partial charge in [0.2, 0.25) is 0 Å². The molecule has 5 aromatic rings. The van der Waals surface area contributed by atoms with E-state index in [1.54, 1.807) is 0 Å². The van der Waals surface area contributed by atoms with Crippen molar-refractivity contribution in [2.45, 2.75) is 108 Å². The van der Waals surface area contributed by atoms with E-state index in [4.69, 9.17) is 11.1 Å². The van der Waals surface area contributed by atoms with Crippen LogP contribution < -0.4 is 4.74 Å². The quantitative estimate of drug-likeness (QED) is 0.0681. The van der Waals surface area contributed by atoms with Crippen molar-refractivity contribution in [2.24, 2.45) is 22.7 Å². The zero-order chi connectivity index (χ0) is 37.2. The topological polar surface area (TPSA) is 59.4 Å². The van der Waals surface area contributed by atoms with Gasteiger partial charge in [-0.2, -0.15) is 0 Å². The van der Waals surface area contributed by atoms with E-state index < -0.39 is 0 Å². The molecule has 6 rings (SSSR count). The molecule has 0 bridgehead atoms. The van der Waals surface area contributed by atoms with Gasteiger partial charge in [-0.1, -0.05) is 122 Å². The number of benzene rings is 4. The van der Waals surface area contributed by atoms with Crippen LogP contribution in [0.5, 0.6) is 11.5 Å². The van der Waals surface area contributed by atoms with Gasteiger partial charge >= 0.3 is 0 Å². The predicted octanol–water partition coefficient (Wildman–Crippen LogP) is 13.2. The first-order valence-electron chi connectivity index (χ1n) is 19.0. The van der Waals surface area contributed by atoms with Gasteiger partial charge in [0, 0.05) is 55.3 Å². The molecule has 5 heteroatoms. The molecule has 1 radical (unpaired) electrons. The molecule has 51 heavy (non-hydrogen) atoms. The first-order valence-corrected chi connectivity index (χ1v) is 18.5. The number of rotatable bonds is 9. The zero-order valence-electron chi connectivity index (χ0n) is 33.2. The Hall–Kier alpha value is -3.53. The number of allylic oxidation sites excluding steroid dienone is 2. The summed E-state index contributed by atoms with van der Waals surface area (Å²) in [5.41, 5.74) is 4.39. The molecule has 1 N–H and O–H groups in total. The summed E-state index contributed by atoms with van der Waals surface area (Å²) < 4.78 is 15.5. The number of pyridine rings is 1. The van der Waals surface area contributed by atoms with Crippen LogP contribution in [0.25, 0.3) is 43.6 Å². The van der Waals surface area contributed by atoms with Crippen molar-refractivity contribution in [3.8, 4) is 22.8 Å². The number of ketones is 1. The Labute approximate surface area is 320 Å². The van der Waals surface area contributed by atoms with Crippen LogP contribution in [0.3, 0.4) is 0 Å². The molecule has 0 spiro atoms. The summed E-state index contributed by atoms with van der Waals surface area (Å²) >= 11 is 0. The summed E-state index contributed by atoms with van der Waals surface area (Å²) in [5.74, 6) is 2.21. The number of carbonyl (C=O) groups excluding carboxylic acids is 1. The molecule has 4 nitrogen and oxygen atoms in total. The molecule has 1 aliphatic heterocycles. The van der Waals surface area contributed by atoms with Gasteiger partial charge in [0.05, 0.1) is 12.9 Å². The van der Waals surface area contributed by atoms with Crippen molar-refractivity contribution in [2.75, 3.05) is 0 Å². The van der Waals surface area contributed by atoms with Gasteiger partial charge < -0.3 is 9.84 Å². The molecular weight excluding hydrogens is 807 g/mol. The number of fused-ring (bicyclic) bond motifs is 5. The van der Waals surface area contributed by atoms with Gasteiger partial charge in [-0.3, -0.25) is 9.78 Å². The molecule has 2 heterocycles. The number of nitrogens with zero attached hydrogens (tertiary/aromatic N) is 1. The average Bonchev–Trinajstić information content (AvgIpc) is 3.05. The molecule has 4 aromatic carbocycles. The molecular formula is C46H56IrNO3-. The van der Waals surface area contributed by atoms with Gasteiger partial charge in [-0.25, -0.2) is 0 Å². The minimum absolute atomic E-state index is 0. The number of aliphatic hydroxyl groups excluding tert-OH is 1. The number of hydrogen-bond acceptors (Lipinski definition) is 4. The molecule has 0 fully saturated rings. The third-order valence-electron chi connectivity index (χ3n) is 9.87. The fraction of sp³-hybridized carbons (Fsp3) is 0.435. The molecule has 0 amide bonds. The Balaban J connectivity index is 0.000000323. The predicted molar refractivity (Wildman–Crippen MR) is 211 cm³/mol. The maximum Gasteiger partial charge on any atom is 0.162 e. The second-order valence-corrected chi connectivity index (χ2v) is 16.3. The van der Waals surface area contributed by atoms with Gasteiger partial charge in [0.15, 0.2) is 5.78 Å². The number of hydrogen-bond donors (Lipinski definition) is 1. The van der Waals surface area contributed by atoms with Crippen molar-refractivity contribution < 1.29 is 36.1 Å².